The molecule has 0 atom stereocenters. The first-order chi connectivity index (χ1) is 11.6. The van der Waals surface area contributed by atoms with Crippen molar-refractivity contribution >= 4 is 11.9 Å². The molecule has 0 fully saturated rings. The molecule has 126 valence electrons. The third-order valence-corrected chi connectivity index (χ3v) is 3.22. The van der Waals surface area contributed by atoms with Gasteiger partial charge in [-0.05, 0) is 17.7 Å². The Balaban J connectivity index is 1.97. The number of anilines is 1. The monoisotopic (exact) mass is 330 g/mol. The molecule has 0 saturated carbocycles. The van der Waals surface area contributed by atoms with Crippen LogP contribution in [0, 0.1) is 5.82 Å². The van der Waals surface area contributed by atoms with Gasteiger partial charge in [0.25, 0.3) is 0 Å². The van der Waals surface area contributed by atoms with Gasteiger partial charge in [-0.25, -0.2) is 14.4 Å². The number of carboxylic acid groups (broad SMARTS) is 1. The molecule has 1 aromatic carbocycles. The fraction of sp³-hybridized carbons (Fsp3) is 0.235. The molecule has 2 aromatic rings. The highest BCUT2D eigenvalue weighted by molar-refractivity contribution is 5.71. The van der Waals surface area contributed by atoms with Gasteiger partial charge < -0.3 is 10.4 Å². The summed E-state index contributed by atoms with van der Waals surface area (Å²) in [5, 5.41) is 11.2. The molecule has 0 amide bonds. The van der Waals surface area contributed by atoms with E-state index in [0.29, 0.717) is 19.6 Å². The van der Waals surface area contributed by atoms with Crippen LogP contribution in [0.25, 0.3) is 0 Å². The highest BCUT2D eigenvalue weighted by atomic mass is 19.1. The molecule has 0 saturated heterocycles. The molecular weight excluding hydrogens is 311 g/mol. The molecule has 6 nitrogen and oxygen atoms in total. The summed E-state index contributed by atoms with van der Waals surface area (Å²) in [5.74, 6) is -0.957. The van der Waals surface area contributed by atoms with Crippen LogP contribution in [0.5, 0.6) is 0 Å². The number of carbonyl (C=O) groups is 1. The number of hydrogen-bond acceptors (Lipinski definition) is 5. The van der Waals surface area contributed by atoms with Crippen molar-refractivity contribution in [3.63, 3.8) is 0 Å². The van der Waals surface area contributed by atoms with Crippen molar-refractivity contribution in [1.29, 1.82) is 0 Å². The highest BCUT2D eigenvalue weighted by Crippen LogP contribution is 2.11. The number of hydrogen-bond donors (Lipinski definition) is 2. The normalized spacial score (nSPS) is 10.6. The Kier molecular flexibility index (Phi) is 6.39. The fourth-order valence-corrected chi connectivity index (χ4v) is 2.16. The van der Waals surface area contributed by atoms with Crippen LogP contribution in [-0.2, 0) is 17.9 Å². The van der Waals surface area contributed by atoms with E-state index in [-0.39, 0.29) is 18.3 Å². The van der Waals surface area contributed by atoms with Crippen LogP contribution in [0.2, 0.25) is 0 Å². The van der Waals surface area contributed by atoms with E-state index in [9.17, 15) is 9.18 Å². The Morgan fingerprint density at radius 2 is 1.83 bits per heavy atom. The molecule has 24 heavy (non-hydrogen) atoms. The molecule has 0 unspecified atom stereocenters. The number of nitrogens with one attached hydrogen (secondary N) is 1. The van der Waals surface area contributed by atoms with Gasteiger partial charge in [-0.3, -0.25) is 9.69 Å². The smallest absolute Gasteiger partial charge is 0.322 e. The zero-order valence-electron chi connectivity index (χ0n) is 13.2. The van der Waals surface area contributed by atoms with Crippen LogP contribution in [-0.4, -0.2) is 39.0 Å². The summed E-state index contributed by atoms with van der Waals surface area (Å²) >= 11 is 0. The minimum atomic E-state index is -0.973. The maximum absolute atomic E-state index is 13.0. The second-order valence-corrected chi connectivity index (χ2v) is 5.25. The van der Waals surface area contributed by atoms with Crippen LogP contribution in [0.15, 0.2) is 49.3 Å². The van der Waals surface area contributed by atoms with Gasteiger partial charge >= 0.3 is 5.97 Å². The van der Waals surface area contributed by atoms with Crippen LogP contribution in [0.3, 0.4) is 0 Å². The number of rotatable bonds is 9. The number of nitrogens with zero attached hydrogens (tertiary/aromatic N) is 3. The Labute approximate surface area is 139 Å². The van der Waals surface area contributed by atoms with Crippen molar-refractivity contribution in [3.8, 4) is 0 Å². The van der Waals surface area contributed by atoms with Gasteiger partial charge in [0, 0.05) is 37.6 Å². The topological polar surface area (TPSA) is 78.4 Å². The second-order valence-electron chi connectivity index (χ2n) is 5.25. The maximum Gasteiger partial charge on any atom is 0.322 e. The Hall–Kier alpha value is -2.80. The number of halogens is 1. The summed E-state index contributed by atoms with van der Waals surface area (Å²) in [7, 11) is 0. The first-order valence-corrected chi connectivity index (χ1v) is 7.41. The lowest BCUT2D eigenvalue weighted by Gasteiger charge is -2.20. The van der Waals surface area contributed by atoms with Gasteiger partial charge in [-0.15, -0.1) is 6.58 Å². The SMILES string of the molecule is C=CCN(Cc1ccc(F)cc1)Cc1cnc(NCC(=O)O)nc1. The van der Waals surface area contributed by atoms with E-state index in [2.05, 4.69) is 26.8 Å². The van der Waals surface area contributed by atoms with Crippen LogP contribution in [0.1, 0.15) is 11.1 Å². The molecule has 1 aromatic heterocycles. The lowest BCUT2D eigenvalue weighted by Crippen LogP contribution is -2.23. The number of aliphatic carboxylic acids is 1. The summed E-state index contributed by atoms with van der Waals surface area (Å²) in [4.78, 5) is 20.8. The number of aromatic nitrogens is 2. The zero-order valence-corrected chi connectivity index (χ0v) is 13.2. The zero-order chi connectivity index (χ0) is 17.4. The Morgan fingerprint density at radius 1 is 1.21 bits per heavy atom. The summed E-state index contributed by atoms with van der Waals surface area (Å²) in [6, 6.07) is 6.38. The standard InChI is InChI=1S/C17H19FN4O2/c1-2-7-22(11-13-3-5-15(18)6-4-13)12-14-8-19-17(20-9-14)21-10-16(23)24/h2-6,8-9H,1,7,10-12H2,(H,23,24)(H,19,20,21). The molecule has 0 bridgehead atoms. The van der Waals surface area contributed by atoms with E-state index in [0.717, 1.165) is 11.1 Å². The molecule has 0 aliphatic rings. The lowest BCUT2D eigenvalue weighted by atomic mass is 10.2. The van der Waals surface area contributed by atoms with Crippen molar-refractivity contribution in [2.45, 2.75) is 13.1 Å². The van der Waals surface area contributed by atoms with Crippen molar-refractivity contribution in [2.75, 3.05) is 18.4 Å². The van der Waals surface area contributed by atoms with E-state index in [1.807, 2.05) is 0 Å². The van der Waals surface area contributed by atoms with Crippen LogP contribution >= 0.6 is 0 Å². The first kappa shape index (κ1) is 17.6. The second kappa shape index (κ2) is 8.73. The van der Waals surface area contributed by atoms with Gasteiger partial charge in [0.05, 0.1) is 0 Å². The third-order valence-electron chi connectivity index (χ3n) is 3.22. The summed E-state index contributed by atoms with van der Waals surface area (Å²) in [5.41, 5.74) is 1.89. The van der Waals surface area contributed by atoms with Crippen molar-refractivity contribution in [3.05, 3.63) is 66.3 Å². The number of benzene rings is 1. The summed E-state index contributed by atoms with van der Waals surface area (Å²) in [6.45, 7) is 5.43. The van der Waals surface area contributed by atoms with E-state index >= 15 is 0 Å². The molecule has 0 spiro atoms. The fourth-order valence-electron chi connectivity index (χ4n) is 2.16. The quantitative estimate of drug-likeness (QED) is 0.687. The molecular formula is C17H19FN4O2. The minimum Gasteiger partial charge on any atom is -0.480 e. The minimum absolute atomic E-state index is 0.230. The molecule has 0 radical (unpaired) electrons. The molecule has 2 N–H and O–H groups in total. The van der Waals surface area contributed by atoms with E-state index in [4.69, 9.17) is 5.11 Å². The molecule has 0 aliphatic heterocycles. The van der Waals surface area contributed by atoms with E-state index in [1.165, 1.54) is 12.1 Å². The molecule has 7 heteroatoms. The third kappa shape index (κ3) is 5.77. The average molecular weight is 330 g/mol. The van der Waals surface area contributed by atoms with Crippen molar-refractivity contribution in [2.24, 2.45) is 0 Å². The number of carboxylic acids is 1. The summed E-state index contributed by atoms with van der Waals surface area (Å²) < 4.78 is 13.0. The molecule has 2 rings (SSSR count). The van der Waals surface area contributed by atoms with Gasteiger partial charge in [0.1, 0.15) is 12.4 Å². The summed E-state index contributed by atoms with van der Waals surface area (Å²) in [6.07, 6.45) is 5.10. The highest BCUT2D eigenvalue weighted by Gasteiger charge is 2.07. The van der Waals surface area contributed by atoms with E-state index in [1.54, 1.807) is 30.6 Å². The predicted octanol–water partition coefficient (Wildman–Crippen LogP) is 2.30. The van der Waals surface area contributed by atoms with Gasteiger partial charge in [0.15, 0.2) is 0 Å². The van der Waals surface area contributed by atoms with Crippen molar-refractivity contribution < 1.29 is 14.3 Å². The van der Waals surface area contributed by atoms with Crippen LogP contribution < -0.4 is 5.32 Å². The maximum atomic E-state index is 13.0. The molecule has 1 heterocycles. The lowest BCUT2D eigenvalue weighted by molar-refractivity contribution is -0.134. The predicted molar refractivity (Wildman–Crippen MR) is 88.9 cm³/mol. The average Bonchev–Trinajstić information content (AvgIpc) is 2.56. The largest absolute Gasteiger partial charge is 0.480 e. The van der Waals surface area contributed by atoms with Crippen molar-refractivity contribution in [1.82, 2.24) is 14.9 Å². The Bertz CT molecular complexity index is 674. The first-order valence-electron chi connectivity index (χ1n) is 7.41. The van der Waals surface area contributed by atoms with Gasteiger partial charge in [0.2, 0.25) is 5.95 Å². The Morgan fingerprint density at radius 3 is 2.42 bits per heavy atom. The molecule has 0 aliphatic carbocycles. The van der Waals surface area contributed by atoms with Gasteiger partial charge in [-0.2, -0.15) is 0 Å². The van der Waals surface area contributed by atoms with Gasteiger partial charge in [-0.1, -0.05) is 18.2 Å². The van der Waals surface area contributed by atoms with Crippen LogP contribution in [0.4, 0.5) is 10.3 Å². The van der Waals surface area contributed by atoms with E-state index < -0.39 is 5.97 Å².